The van der Waals surface area contributed by atoms with Crippen molar-refractivity contribution in [3.63, 3.8) is 0 Å². The van der Waals surface area contributed by atoms with Crippen LogP contribution < -0.4 is 10.5 Å². The molecule has 0 fully saturated rings. The third-order valence-electron chi connectivity index (χ3n) is 3.58. The van der Waals surface area contributed by atoms with E-state index < -0.39 is 28.0 Å². The molecule has 1 amide bonds. The number of esters is 1. The molecule has 2 rings (SSSR count). The number of sulfonamides is 1. The van der Waals surface area contributed by atoms with Crippen molar-refractivity contribution in [2.45, 2.75) is 31.3 Å². The van der Waals surface area contributed by atoms with Crippen LogP contribution in [0, 0.1) is 6.92 Å². The van der Waals surface area contributed by atoms with Gasteiger partial charge in [0.2, 0.25) is 10.0 Å². The molecule has 1 atom stereocenters. The summed E-state index contributed by atoms with van der Waals surface area (Å²) in [6, 6.07) is 12.9. The zero-order valence-corrected chi connectivity index (χ0v) is 15.2. The largest absolute Gasteiger partial charge is 0.452 e. The Bertz CT molecular complexity index is 907. The number of primary sulfonamides is 1. The summed E-state index contributed by atoms with van der Waals surface area (Å²) >= 11 is 0. The number of carbonyl (C=O) groups is 2. The average molecular weight is 376 g/mol. The molecule has 0 aliphatic carbocycles. The molecule has 0 bridgehead atoms. The lowest BCUT2D eigenvalue weighted by Crippen LogP contribution is -2.30. The highest BCUT2D eigenvalue weighted by molar-refractivity contribution is 7.89. The number of aryl methyl sites for hydroxylation is 1. The van der Waals surface area contributed by atoms with E-state index in [1.807, 2.05) is 31.2 Å². The number of nitrogens with one attached hydrogen (secondary N) is 1. The molecule has 7 nitrogen and oxygen atoms in total. The van der Waals surface area contributed by atoms with E-state index in [0.717, 1.165) is 11.1 Å². The Morgan fingerprint density at radius 2 is 1.81 bits per heavy atom. The molecule has 138 valence electrons. The van der Waals surface area contributed by atoms with Crippen LogP contribution in [0.1, 0.15) is 18.1 Å². The van der Waals surface area contributed by atoms with Gasteiger partial charge in [0.05, 0.1) is 11.3 Å². The lowest BCUT2D eigenvalue weighted by Gasteiger charge is -2.14. The summed E-state index contributed by atoms with van der Waals surface area (Å²) in [4.78, 5) is 24.0. The van der Waals surface area contributed by atoms with Gasteiger partial charge in [-0.15, -0.1) is 0 Å². The second kappa shape index (κ2) is 8.11. The molecule has 0 aliphatic rings. The van der Waals surface area contributed by atoms with E-state index in [1.165, 1.54) is 31.2 Å². The maximum absolute atomic E-state index is 12.1. The van der Waals surface area contributed by atoms with Gasteiger partial charge in [0, 0.05) is 5.69 Å². The van der Waals surface area contributed by atoms with Gasteiger partial charge < -0.3 is 10.1 Å². The molecule has 0 unspecified atom stereocenters. The number of hydrogen-bond acceptors (Lipinski definition) is 5. The first-order valence-electron chi connectivity index (χ1n) is 7.84. The Balaban J connectivity index is 1.95. The quantitative estimate of drug-likeness (QED) is 0.745. The highest BCUT2D eigenvalue weighted by Crippen LogP contribution is 2.15. The number of anilines is 1. The fraction of sp³-hybridized carbons (Fsp3) is 0.222. The lowest BCUT2D eigenvalue weighted by molar-refractivity contribution is -0.152. The minimum absolute atomic E-state index is 0.0544. The molecule has 26 heavy (non-hydrogen) atoms. The maximum Gasteiger partial charge on any atom is 0.311 e. The highest BCUT2D eigenvalue weighted by Gasteiger charge is 2.19. The van der Waals surface area contributed by atoms with Crippen LogP contribution in [-0.2, 0) is 30.8 Å². The van der Waals surface area contributed by atoms with Gasteiger partial charge in [-0.1, -0.05) is 35.9 Å². The van der Waals surface area contributed by atoms with Gasteiger partial charge in [0.15, 0.2) is 6.10 Å². The van der Waals surface area contributed by atoms with Crippen molar-refractivity contribution >= 4 is 27.6 Å². The van der Waals surface area contributed by atoms with Gasteiger partial charge in [-0.05, 0) is 37.6 Å². The van der Waals surface area contributed by atoms with Crippen molar-refractivity contribution in [1.82, 2.24) is 0 Å². The van der Waals surface area contributed by atoms with E-state index in [1.54, 1.807) is 0 Å². The first kappa shape index (κ1) is 19.6. The minimum atomic E-state index is -3.87. The van der Waals surface area contributed by atoms with Crippen LogP contribution in [0.5, 0.6) is 0 Å². The topological polar surface area (TPSA) is 116 Å². The van der Waals surface area contributed by atoms with E-state index in [-0.39, 0.29) is 17.0 Å². The maximum atomic E-state index is 12.1. The van der Waals surface area contributed by atoms with E-state index in [9.17, 15) is 18.0 Å². The summed E-state index contributed by atoms with van der Waals surface area (Å²) in [5.74, 6) is -1.11. The fourth-order valence-electron chi connectivity index (χ4n) is 2.16. The minimum Gasteiger partial charge on any atom is -0.452 e. The van der Waals surface area contributed by atoms with E-state index in [2.05, 4.69) is 5.32 Å². The molecule has 8 heteroatoms. The molecule has 3 N–H and O–H groups in total. The third kappa shape index (κ3) is 5.68. The monoisotopic (exact) mass is 376 g/mol. The predicted octanol–water partition coefficient (Wildman–Crippen LogP) is 1.76. The van der Waals surface area contributed by atoms with Gasteiger partial charge in [-0.2, -0.15) is 0 Å². The number of hydrogen-bond donors (Lipinski definition) is 2. The molecule has 0 radical (unpaired) electrons. The van der Waals surface area contributed by atoms with Gasteiger partial charge in [-0.25, -0.2) is 13.6 Å². The average Bonchev–Trinajstić information content (AvgIpc) is 2.56. The number of carbonyl (C=O) groups excluding carboxylic acids is 2. The Kier molecular flexibility index (Phi) is 6.12. The Morgan fingerprint density at radius 3 is 2.42 bits per heavy atom. The number of benzene rings is 2. The summed E-state index contributed by atoms with van der Waals surface area (Å²) in [5.41, 5.74) is 2.11. The van der Waals surface area contributed by atoms with Crippen molar-refractivity contribution in [2.24, 2.45) is 5.14 Å². The molecule has 0 spiro atoms. The summed E-state index contributed by atoms with van der Waals surface area (Å²) < 4.78 is 27.8. The Morgan fingerprint density at radius 1 is 1.15 bits per heavy atom. The van der Waals surface area contributed by atoms with Crippen LogP contribution in [0.4, 0.5) is 5.69 Å². The summed E-state index contributed by atoms with van der Waals surface area (Å²) in [5, 5.41) is 7.55. The highest BCUT2D eigenvalue weighted by atomic mass is 32.2. The molecule has 0 aromatic heterocycles. The number of nitrogens with two attached hydrogens (primary N) is 1. The van der Waals surface area contributed by atoms with E-state index >= 15 is 0 Å². The second-order valence-corrected chi connectivity index (χ2v) is 7.42. The molecule has 0 saturated heterocycles. The molecule has 0 heterocycles. The van der Waals surface area contributed by atoms with Crippen molar-refractivity contribution in [1.29, 1.82) is 0 Å². The summed E-state index contributed by atoms with van der Waals surface area (Å²) in [6.07, 6.45) is -0.982. The molecule has 2 aromatic carbocycles. The first-order valence-corrected chi connectivity index (χ1v) is 9.38. The normalized spacial score (nSPS) is 12.3. The predicted molar refractivity (Wildman–Crippen MR) is 96.9 cm³/mol. The van der Waals surface area contributed by atoms with E-state index in [0.29, 0.717) is 0 Å². The smallest absolute Gasteiger partial charge is 0.311 e. The van der Waals surface area contributed by atoms with Crippen molar-refractivity contribution < 1.29 is 22.7 Å². The molecule has 2 aromatic rings. The van der Waals surface area contributed by atoms with Crippen LogP contribution in [-0.4, -0.2) is 26.4 Å². The van der Waals surface area contributed by atoms with Crippen molar-refractivity contribution in [3.8, 4) is 0 Å². The molecule has 0 aliphatic heterocycles. The third-order valence-corrected chi connectivity index (χ3v) is 4.49. The SMILES string of the molecule is Cc1ccc(CC(=O)O[C@H](C)C(=O)Nc2cccc(S(N)(=O)=O)c2)cc1. The van der Waals surface area contributed by atoms with Gasteiger partial charge in [0.1, 0.15) is 0 Å². The summed E-state index contributed by atoms with van der Waals surface area (Å²) in [6.45, 7) is 3.38. The second-order valence-electron chi connectivity index (χ2n) is 5.86. The first-order chi connectivity index (χ1) is 12.1. The standard InChI is InChI=1S/C18H20N2O5S/c1-12-6-8-14(9-7-12)10-17(21)25-13(2)18(22)20-15-4-3-5-16(11-15)26(19,23)24/h3-9,11,13H,10H2,1-2H3,(H,20,22)(H2,19,23,24)/t13-/m1/s1. The Labute approximate surface area is 152 Å². The van der Waals surface area contributed by atoms with Gasteiger partial charge >= 0.3 is 5.97 Å². The van der Waals surface area contributed by atoms with Crippen LogP contribution in [0.25, 0.3) is 0 Å². The zero-order chi connectivity index (χ0) is 19.3. The van der Waals surface area contributed by atoms with Crippen molar-refractivity contribution in [2.75, 3.05) is 5.32 Å². The number of rotatable bonds is 6. The van der Waals surface area contributed by atoms with Crippen molar-refractivity contribution in [3.05, 3.63) is 59.7 Å². The number of amides is 1. The van der Waals surface area contributed by atoms with Gasteiger partial charge in [-0.3, -0.25) is 9.59 Å². The number of ether oxygens (including phenoxy) is 1. The van der Waals surface area contributed by atoms with Crippen LogP contribution >= 0.6 is 0 Å². The molecular weight excluding hydrogens is 356 g/mol. The van der Waals surface area contributed by atoms with Gasteiger partial charge in [0.25, 0.3) is 5.91 Å². The molecular formula is C18H20N2O5S. The van der Waals surface area contributed by atoms with Crippen LogP contribution in [0.3, 0.4) is 0 Å². The fourth-order valence-corrected chi connectivity index (χ4v) is 2.72. The lowest BCUT2D eigenvalue weighted by atomic mass is 10.1. The molecule has 0 saturated carbocycles. The van der Waals surface area contributed by atoms with Crippen LogP contribution in [0.2, 0.25) is 0 Å². The summed E-state index contributed by atoms with van der Waals surface area (Å²) in [7, 11) is -3.87. The van der Waals surface area contributed by atoms with Crippen LogP contribution in [0.15, 0.2) is 53.4 Å². The Hall–Kier alpha value is -2.71. The zero-order valence-electron chi connectivity index (χ0n) is 14.4. The van der Waals surface area contributed by atoms with E-state index in [4.69, 9.17) is 9.88 Å².